The fourth-order valence-electron chi connectivity index (χ4n) is 3.31. The van der Waals surface area contributed by atoms with Gasteiger partial charge in [-0.15, -0.1) is 0 Å². The highest BCUT2D eigenvalue weighted by Crippen LogP contribution is 2.37. The van der Waals surface area contributed by atoms with Crippen LogP contribution >= 0.6 is 0 Å². The molecule has 1 unspecified atom stereocenters. The Bertz CT molecular complexity index is 706. The summed E-state index contributed by atoms with van der Waals surface area (Å²) in [6.07, 6.45) is 2.84. The summed E-state index contributed by atoms with van der Waals surface area (Å²) >= 11 is 0. The lowest BCUT2D eigenvalue weighted by molar-refractivity contribution is -0.168. The first-order chi connectivity index (χ1) is 12.8. The summed E-state index contributed by atoms with van der Waals surface area (Å²) in [5.74, 6) is 0.500. The summed E-state index contributed by atoms with van der Waals surface area (Å²) < 4.78 is 29.4. The molecule has 3 rings (SSSR count). The van der Waals surface area contributed by atoms with E-state index in [9.17, 15) is 5.26 Å². The molecule has 0 radical (unpaired) electrons. The topological polar surface area (TPSA) is 69.9 Å². The highest BCUT2D eigenvalue weighted by atomic mass is 16.7. The molecular formula is C20H28BNO5. The van der Waals surface area contributed by atoms with E-state index in [0.717, 1.165) is 31.4 Å². The average molecular weight is 373 g/mol. The standard InChI is InChI=1S/C20H28BNO5/c1-19(2)20(3,4)27-21(26-19)18-14(9-10-16(23-5)15(18)12-22)13-25-17-8-6-7-11-24-17/h9-10,17H,6-8,11,13H2,1-5H3. The minimum atomic E-state index is -0.661. The van der Waals surface area contributed by atoms with Crippen LogP contribution in [0.15, 0.2) is 12.1 Å². The Labute approximate surface area is 161 Å². The van der Waals surface area contributed by atoms with Gasteiger partial charge in [0.15, 0.2) is 6.29 Å². The van der Waals surface area contributed by atoms with Crippen LogP contribution in [0, 0.1) is 11.3 Å². The Morgan fingerprint density at radius 1 is 1.19 bits per heavy atom. The second-order valence-corrected chi connectivity index (χ2v) is 8.02. The van der Waals surface area contributed by atoms with Crippen LogP contribution in [0.2, 0.25) is 0 Å². The zero-order valence-corrected chi connectivity index (χ0v) is 16.8. The quantitative estimate of drug-likeness (QED) is 0.740. The molecule has 0 saturated carbocycles. The smallest absolute Gasteiger partial charge is 0.495 e. The minimum Gasteiger partial charge on any atom is -0.495 e. The number of rotatable bonds is 5. The molecule has 0 aromatic heterocycles. The maximum absolute atomic E-state index is 9.79. The van der Waals surface area contributed by atoms with Gasteiger partial charge in [0.1, 0.15) is 11.8 Å². The molecule has 146 valence electrons. The van der Waals surface area contributed by atoms with Crippen LogP contribution in [0.4, 0.5) is 0 Å². The fraction of sp³-hybridized carbons (Fsp3) is 0.650. The van der Waals surface area contributed by atoms with Crippen molar-refractivity contribution in [3.63, 3.8) is 0 Å². The van der Waals surface area contributed by atoms with Crippen LogP contribution in [-0.2, 0) is 25.4 Å². The van der Waals surface area contributed by atoms with E-state index < -0.39 is 18.3 Å². The molecule has 0 spiro atoms. The van der Waals surface area contributed by atoms with Crippen molar-refractivity contribution in [1.82, 2.24) is 0 Å². The molecule has 0 bridgehead atoms. The number of ether oxygens (including phenoxy) is 3. The highest BCUT2D eigenvalue weighted by molar-refractivity contribution is 6.63. The fourth-order valence-corrected chi connectivity index (χ4v) is 3.31. The molecule has 0 amide bonds. The lowest BCUT2D eigenvalue weighted by Gasteiger charge is -2.32. The average Bonchev–Trinajstić information content (AvgIpc) is 2.87. The largest absolute Gasteiger partial charge is 0.496 e. The first kappa shape index (κ1) is 20.2. The number of nitrogens with zero attached hydrogens (tertiary/aromatic N) is 1. The van der Waals surface area contributed by atoms with Gasteiger partial charge < -0.3 is 23.5 Å². The predicted octanol–water partition coefficient (Wildman–Crippen LogP) is 2.91. The third kappa shape index (κ3) is 3.99. The van der Waals surface area contributed by atoms with Gasteiger partial charge in [0.25, 0.3) is 0 Å². The van der Waals surface area contributed by atoms with Crippen LogP contribution < -0.4 is 10.2 Å². The van der Waals surface area contributed by atoms with Crippen molar-refractivity contribution in [3.8, 4) is 11.8 Å². The van der Waals surface area contributed by atoms with E-state index in [4.69, 9.17) is 23.5 Å². The van der Waals surface area contributed by atoms with Gasteiger partial charge in [0.05, 0.1) is 30.5 Å². The molecule has 6 nitrogen and oxygen atoms in total. The maximum Gasteiger partial charge on any atom is 0.496 e. The lowest BCUT2D eigenvalue weighted by atomic mass is 9.73. The van der Waals surface area contributed by atoms with E-state index in [1.165, 1.54) is 0 Å². The van der Waals surface area contributed by atoms with Crippen molar-refractivity contribution >= 4 is 12.6 Å². The van der Waals surface area contributed by atoms with Gasteiger partial charge in [0.2, 0.25) is 0 Å². The Hall–Kier alpha value is -1.59. The van der Waals surface area contributed by atoms with Gasteiger partial charge >= 0.3 is 7.12 Å². The van der Waals surface area contributed by atoms with Gasteiger partial charge in [-0.1, -0.05) is 6.07 Å². The summed E-state index contributed by atoms with van der Waals surface area (Å²) in [5.41, 5.74) is 0.934. The zero-order chi connectivity index (χ0) is 19.7. The van der Waals surface area contributed by atoms with E-state index in [0.29, 0.717) is 23.4 Å². The summed E-state index contributed by atoms with van der Waals surface area (Å²) in [6.45, 7) is 9.01. The second-order valence-electron chi connectivity index (χ2n) is 8.02. The Balaban J connectivity index is 1.93. The molecule has 2 saturated heterocycles. The SMILES string of the molecule is COc1ccc(COC2CCCCO2)c(B2OC(C)(C)C(C)(C)O2)c1C#N. The predicted molar refractivity (Wildman–Crippen MR) is 102 cm³/mol. The van der Waals surface area contributed by atoms with Gasteiger partial charge in [-0.2, -0.15) is 5.26 Å². The first-order valence-electron chi connectivity index (χ1n) is 9.48. The van der Waals surface area contributed by atoms with Crippen LogP contribution in [0.25, 0.3) is 0 Å². The molecule has 1 aromatic rings. The normalized spacial score (nSPS) is 23.9. The van der Waals surface area contributed by atoms with Crippen LogP contribution in [0.1, 0.15) is 58.1 Å². The number of benzene rings is 1. The van der Waals surface area contributed by atoms with Crippen LogP contribution in [-0.4, -0.2) is 38.3 Å². The zero-order valence-electron chi connectivity index (χ0n) is 16.8. The monoisotopic (exact) mass is 373 g/mol. The molecule has 27 heavy (non-hydrogen) atoms. The van der Waals surface area contributed by atoms with Crippen molar-refractivity contribution < 1.29 is 23.5 Å². The molecule has 7 heteroatoms. The number of hydrogen-bond donors (Lipinski definition) is 0. The van der Waals surface area contributed by atoms with Crippen LogP contribution in [0.5, 0.6) is 5.75 Å². The van der Waals surface area contributed by atoms with E-state index in [2.05, 4.69) is 6.07 Å². The van der Waals surface area contributed by atoms with Crippen molar-refractivity contribution in [1.29, 1.82) is 5.26 Å². The summed E-state index contributed by atoms with van der Waals surface area (Å²) in [7, 11) is 0.890. The number of methoxy groups -OCH3 is 1. The maximum atomic E-state index is 9.79. The number of nitriles is 1. The lowest BCUT2D eigenvalue weighted by Crippen LogP contribution is -2.41. The Morgan fingerprint density at radius 2 is 1.89 bits per heavy atom. The molecule has 2 heterocycles. The van der Waals surface area contributed by atoms with Crippen molar-refractivity contribution in [2.45, 2.75) is 71.1 Å². The third-order valence-corrected chi connectivity index (χ3v) is 5.68. The first-order valence-corrected chi connectivity index (χ1v) is 9.48. The van der Waals surface area contributed by atoms with Crippen molar-refractivity contribution in [2.24, 2.45) is 0 Å². The third-order valence-electron chi connectivity index (χ3n) is 5.68. The molecule has 0 N–H and O–H groups in total. The van der Waals surface area contributed by atoms with Gasteiger partial charge in [-0.05, 0) is 58.6 Å². The van der Waals surface area contributed by atoms with Gasteiger partial charge in [0, 0.05) is 12.1 Å². The second kappa shape index (κ2) is 7.80. The molecule has 1 atom stereocenters. The van der Waals surface area contributed by atoms with E-state index >= 15 is 0 Å². The molecular weight excluding hydrogens is 345 g/mol. The molecule has 2 aliphatic rings. The number of hydrogen-bond acceptors (Lipinski definition) is 6. The van der Waals surface area contributed by atoms with Crippen molar-refractivity contribution in [2.75, 3.05) is 13.7 Å². The minimum absolute atomic E-state index is 0.211. The van der Waals surface area contributed by atoms with Crippen molar-refractivity contribution in [3.05, 3.63) is 23.3 Å². The summed E-state index contributed by atoms with van der Waals surface area (Å²) in [4.78, 5) is 0. The van der Waals surface area contributed by atoms with Gasteiger partial charge in [-0.3, -0.25) is 0 Å². The Morgan fingerprint density at radius 3 is 2.44 bits per heavy atom. The molecule has 2 fully saturated rings. The van der Waals surface area contributed by atoms with Gasteiger partial charge in [-0.25, -0.2) is 0 Å². The van der Waals surface area contributed by atoms with E-state index in [1.807, 2.05) is 33.8 Å². The van der Waals surface area contributed by atoms with Crippen LogP contribution in [0.3, 0.4) is 0 Å². The summed E-state index contributed by atoms with van der Waals surface area (Å²) in [5, 5.41) is 9.79. The van der Waals surface area contributed by atoms with E-state index in [-0.39, 0.29) is 6.29 Å². The molecule has 2 aliphatic heterocycles. The summed E-state index contributed by atoms with van der Waals surface area (Å²) in [6, 6.07) is 5.94. The highest BCUT2D eigenvalue weighted by Gasteiger charge is 2.53. The van der Waals surface area contributed by atoms with E-state index in [1.54, 1.807) is 13.2 Å². The molecule has 0 aliphatic carbocycles. The Kier molecular flexibility index (Phi) is 5.83. The molecule has 1 aromatic carbocycles.